The maximum absolute atomic E-state index is 8.76. The summed E-state index contributed by atoms with van der Waals surface area (Å²) in [5, 5.41) is 17.5. The van der Waals surface area contributed by atoms with E-state index in [1.807, 2.05) is 0 Å². The van der Waals surface area contributed by atoms with Gasteiger partial charge in [-0.25, -0.2) is 0 Å². The molecule has 0 aromatic heterocycles. The molecule has 1 aliphatic rings. The fourth-order valence-corrected chi connectivity index (χ4v) is 2.55. The lowest BCUT2D eigenvalue weighted by Gasteiger charge is -2.15. The number of fused-ring (bicyclic) bond motifs is 1. The zero-order valence-electron chi connectivity index (χ0n) is 11.9. The van der Waals surface area contributed by atoms with Crippen LogP contribution < -0.4 is 26.8 Å². The van der Waals surface area contributed by atoms with Crippen molar-refractivity contribution >= 4 is 11.4 Å². The standard InChI is InChI=1S/C15H18N4.BrH/c1-12-9-14-15(10-13(12)2)19(8-4-6-17)11-18(14)7-3-5-16;/h9-10H,3-4,7-8,11H2,1-2H3;1H. The van der Waals surface area contributed by atoms with Crippen LogP contribution in [-0.2, 0) is 0 Å². The Kier molecular flexibility index (Phi) is 6.01. The summed E-state index contributed by atoms with van der Waals surface area (Å²) in [5.41, 5.74) is 5.07. The summed E-state index contributed by atoms with van der Waals surface area (Å²) in [4.78, 5) is 3.59. The third kappa shape index (κ3) is 3.30. The van der Waals surface area contributed by atoms with Crippen molar-refractivity contribution < 1.29 is 21.9 Å². The molecule has 0 radical (unpaired) electrons. The number of anilines is 1. The van der Waals surface area contributed by atoms with Crippen molar-refractivity contribution in [3.05, 3.63) is 23.3 Å². The number of nitrogens with one attached hydrogen (secondary N) is 1. The van der Waals surface area contributed by atoms with Crippen LogP contribution in [0, 0.1) is 36.5 Å². The highest BCUT2D eigenvalue weighted by molar-refractivity contribution is 5.67. The van der Waals surface area contributed by atoms with E-state index in [4.69, 9.17) is 10.5 Å². The molecule has 1 unspecified atom stereocenters. The molecule has 1 aromatic rings. The van der Waals surface area contributed by atoms with Crippen molar-refractivity contribution in [3.63, 3.8) is 0 Å². The molecule has 4 nitrogen and oxygen atoms in total. The summed E-state index contributed by atoms with van der Waals surface area (Å²) in [6.45, 7) is 6.69. The van der Waals surface area contributed by atoms with Crippen LogP contribution >= 0.6 is 0 Å². The maximum Gasteiger partial charge on any atom is 0.157 e. The van der Waals surface area contributed by atoms with Gasteiger partial charge in [-0.15, -0.1) is 0 Å². The highest BCUT2D eigenvalue weighted by Gasteiger charge is 2.30. The van der Waals surface area contributed by atoms with Crippen LogP contribution in [0.15, 0.2) is 12.1 Å². The molecule has 0 spiro atoms. The van der Waals surface area contributed by atoms with Crippen LogP contribution in [0.1, 0.15) is 24.0 Å². The Morgan fingerprint density at radius 1 is 1.15 bits per heavy atom. The van der Waals surface area contributed by atoms with E-state index in [0.717, 1.165) is 19.8 Å². The van der Waals surface area contributed by atoms with E-state index in [0.29, 0.717) is 12.8 Å². The molecule has 106 valence electrons. The first-order valence-electron chi connectivity index (χ1n) is 6.62. The average Bonchev–Trinajstić information content (AvgIpc) is 2.72. The molecule has 1 N–H and O–H groups in total. The van der Waals surface area contributed by atoms with Gasteiger partial charge in [0.15, 0.2) is 12.4 Å². The predicted molar refractivity (Wildman–Crippen MR) is 74.1 cm³/mol. The van der Waals surface area contributed by atoms with E-state index in [1.165, 1.54) is 27.4 Å². The summed E-state index contributed by atoms with van der Waals surface area (Å²) in [7, 11) is 0. The van der Waals surface area contributed by atoms with Crippen molar-refractivity contribution in [1.82, 2.24) is 0 Å². The summed E-state index contributed by atoms with van der Waals surface area (Å²) < 4.78 is 0. The second kappa shape index (κ2) is 7.28. The van der Waals surface area contributed by atoms with Crippen LogP contribution in [0.25, 0.3) is 0 Å². The number of quaternary nitrogens is 1. The third-order valence-corrected chi connectivity index (χ3v) is 3.75. The number of nitriles is 2. The lowest BCUT2D eigenvalue weighted by atomic mass is 10.1. The summed E-state index contributed by atoms with van der Waals surface area (Å²) in [5.74, 6) is 0. The molecule has 1 heterocycles. The molecule has 0 saturated carbocycles. The maximum atomic E-state index is 8.76. The molecule has 20 heavy (non-hydrogen) atoms. The Labute approximate surface area is 131 Å². The van der Waals surface area contributed by atoms with Crippen molar-refractivity contribution in [2.45, 2.75) is 26.7 Å². The van der Waals surface area contributed by atoms with Gasteiger partial charge in [0.25, 0.3) is 0 Å². The summed E-state index contributed by atoms with van der Waals surface area (Å²) in [6.07, 6.45) is 1.10. The second-order valence-electron chi connectivity index (χ2n) is 5.04. The largest absolute Gasteiger partial charge is 1.00 e. The van der Waals surface area contributed by atoms with E-state index in [-0.39, 0.29) is 17.0 Å². The molecule has 0 fully saturated rings. The lowest BCUT2D eigenvalue weighted by Crippen LogP contribution is -3.07. The molecule has 0 saturated heterocycles. The van der Waals surface area contributed by atoms with Gasteiger partial charge >= 0.3 is 0 Å². The Bertz CT molecular complexity index is 507. The van der Waals surface area contributed by atoms with Crippen LogP contribution in [0.4, 0.5) is 11.4 Å². The van der Waals surface area contributed by atoms with Crippen LogP contribution in [-0.4, -0.2) is 19.8 Å². The minimum atomic E-state index is 0. The van der Waals surface area contributed by atoms with Gasteiger partial charge < -0.3 is 21.9 Å². The number of hydrogen-bond acceptors (Lipinski definition) is 3. The van der Waals surface area contributed by atoms with Crippen LogP contribution in [0.5, 0.6) is 0 Å². The number of hydrogen-bond donors (Lipinski definition) is 1. The molecule has 0 amide bonds. The Balaban J connectivity index is 0.00000200. The number of halogens is 1. The topological polar surface area (TPSA) is 55.3 Å². The molecule has 1 aromatic carbocycles. The van der Waals surface area contributed by atoms with Gasteiger partial charge in [0.1, 0.15) is 5.69 Å². The van der Waals surface area contributed by atoms with Gasteiger partial charge in [-0.1, -0.05) is 0 Å². The van der Waals surface area contributed by atoms with E-state index >= 15 is 0 Å². The van der Waals surface area contributed by atoms with E-state index in [9.17, 15) is 0 Å². The average molecular weight is 335 g/mol. The quantitative estimate of drug-likeness (QED) is 0.723. The third-order valence-electron chi connectivity index (χ3n) is 3.75. The first-order valence-corrected chi connectivity index (χ1v) is 6.62. The van der Waals surface area contributed by atoms with Crippen molar-refractivity contribution in [1.29, 1.82) is 10.5 Å². The SMILES string of the molecule is Cc1cc2c(cc1C)[NH+](CCC#N)CN2CCC#N.[Br-]. The zero-order valence-corrected chi connectivity index (χ0v) is 13.5. The fourth-order valence-electron chi connectivity index (χ4n) is 2.55. The van der Waals surface area contributed by atoms with Gasteiger partial charge in [0, 0.05) is 12.6 Å². The highest BCUT2D eigenvalue weighted by Crippen LogP contribution is 2.29. The molecular formula is C15H19BrN4. The van der Waals surface area contributed by atoms with Crippen LogP contribution in [0.3, 0.4) is 0 Å². The molecule has 5 heteroatoms. The van der Waals surface area contributed by atoms with Gasteiger partial charge in [-0.05, 0) is 31.0 Å². The van der Waals surface area contributed by atoms with E-state index in [1.54, 1.807) is 0 Å². The molecule has 1 atom stereocenters. The molecule has 2 rings (SSSR count). The smallest absolute Gasteiger partial charge is 0.157 e. The minimum absolute atomic E-state index is 0. The monoisotopic (exact) mass is 334 g/mol. The van der Waals surface area contributed by atoms with E-state index < -0.39 is 0 Å². The van der Waals surface area contributed by atoms with Crippen molar-refractivity contribution in [2.75, 3.05) is 24.7 Å². The second-order valence-corrected chi connectivity index (χ2v) is 5.04. The molecule has 0 bridgehead atoms. The predicted octanol–water partition coefficient (Wildman–Crippen LogP) is -1.57. The Morgan fingerprint density at radius 2 is 1.80 bits per heavy atom. The van der Waals surface area contributed by atoms with Crippen molar-refractivity contribution in [2.24, 2.45) is 0 Å². The fraction of sp³-hybridized carbons (Fsp3) is 0.467. The molecule has 1 aliphatic heterocycles. The zero-order chi connectivity index (χ0) is 13.8. The van der Waals surface area contributed by atoms with E-state index in [2.05, 4.69) is 43.0 Å². The first kappa shape index (κ1) is 16.5. The lowest BCUT2D eigenvalue weighted by molar-refractivity contribution is -0.825. The normalized spacial score (nSPS) is 16.0. The van der Waals surface area contributed by atoms with Gasteiger partial charge in [-0.3, -0.25) is 4.90 Å². The van der Waals surface area contributed by atoms with Crippen LogP contribution in [0.2, 0.25) is 0 Å². The van der Waals surface area contributed by atoms with Gasteiger partial charge in [-0.2, -0.15) is 10.5 Å². The van der Waals surface area contributed by atoms with Crippen molar-refractivity contribution in [3.8, 4) is 12.1 Å². The number of aryl methyl sites for hydroxylation is 2. The summed E-state index contributed by atoms with van der Waals surface area (Å²) in [6, 6.07) is 8.86. The summed E-state index contributed by atoms with van der Waals surface area (Å²) >= 11 is 0. The number of nitrogens with zero attached hydrogens (tertiary/aromatic N) is 3. The number of benzene rings is 1. The first-order chi connectivity index (χ1) is 9.17. The Morgan fingerprint density at radius 3 is 2.45 bits per heavy atom. The number of rotatable bonds is 4. The van der Waals surface area contributed by atoms with Gasteiger partial charge in [0.05, 0.1) is 31.5 Å². The Hall–Kier alpha value is -1.56. The highest BCUT2D eigenvalue weighted by atomic mass is 79.9. The van der Waals surface area contributed by atoms with Gasteiger partial charge in [0.2, 0.25) is 0 Å². The molecule has 0 aliphatic carbocycles. The molecular weight excluding hydrogens is 316 g/mol. The minimum Gasteiger partial charge on any atom is -1.00 e.